The number of anilines is 1. The molecule has 0 atom stereocenters. The zero-order chi connectivity index (χ0) is 21.2. The van der Waals surface area contributed by atoms with Gasteiger partial charge in [0.25, 0.3) is 5.91 Å². The maximum atomic E-state index is 12.5. The van der Waals surface area contributed by atoms with Gasteiger partial charge in [0.15, 0.2) is 0 Å². The van der Waals surface area contributed by atoms with Crippen LogP contribution in [0.1, 0.15) is 61.9 Å². The van der Waals surface area contributed by atoms with Crippen LogP contribution >= 0.6 is 23.2 Å². The van der Waals surface area contributed by atoms with Crippen molar-refractivity contribution in [1.82, 2.24) is 5.43 Å². The lowest BCUT2D eigenvalue weighted by Crippen LogP contribution is -2.19. The predicted molar refractivity (Wildman–Crippen MR) is 120 cm³/mol. The number of benzene rings is 2. The molecule has 5 nitrogen and oxygen atoms in total. The molecule has 0 heterocycles. The van der Waals surface area contributed by atoms with Gasteiger partial charge in [0.1, 0.15) is 0 Å². The number of amides is 2. The van der Waals surface area contributed by atoms with Crippen LogP contribution in [0.4, 0.5) is 5.69 Å². The van der Waals surface area contributed by atoms with Crippen LogP contribution in [0.15, 0.2) is 47.6 Å². The van der Waals surface area contributed by atoms with E-state index in [-0.39, 0.29) is 16.8 Å². The fourth-order valence-electron chi connectivity index (χ4n) is 2.67. The molecule has 2 aromatic rings. The van der Waals surface area contributed by atoms with E-state index in [1.807, 2.05) is 6.07 Å². The van der Waals surface area contributed by atoms with Crippen LogP contribution in [0.3, 0.4) is 0 Å². The Kier molecular flexibility index (Phi) is 9.16. The lowest BCUT2D eigenvalue weighted by molar-refractivity contribution is -0.121. The highest BCUT2D eigenvalue weighted by atomic mass is 35.5. The van der Waals surface area contributed by atoms with E-state index in [2.05, 4.69) is 22.8 Å². The Morgan fingerprint density at radius 2 is 1.83 bits per heavy atom. The minimum absolute atomic E-state index is 0.0951. The molecule has 0 fully saturated rings. The highest BCUT2D eigenvalue weighted by Crippen LogP contribution is 2.22. The van der Waals surface area contributed by atoms with Gasteiger partial charge < -0.3 is 5.32 Å². The van der Waals surface area contributed by atoms with E-state index >= 15 is 0 Å². The Labute approximate surface area is 181 Å². The van der Waals surface area contributed by atoms with Gasteiger partial charge in [-0.2, -0.15) is 5.10 Å². The molecule has 0 aliphatic carbocycles. The SMILES string of the molecule is CCCCCCC(=O)N/N=C(\C)c1cccc(NC(=O)c2ccc(Cl)cc2Cl)c1. The number of halogens is 2. The first-order valence-corrected chi connectivity index (χ1v) is 10.4. The number of hydrogen-bond acceptors (Lipinski definition) is 3. The van der Waals surface area contributed by atoms with Crippen molar-refractivity contribution >= 4 is 46.4 Å². The van der Waals surface area contributed by atoms with E-state index in [1.165, 1.54) is 6.07 Å². The average molecular weight is 434 g/mol. The fourth-order valence-corrected chi connectivity index (χ4v) is 3.17. The number of hydrogen-bond donors (Lipinski definition) is 2. The standard InChI is InChI=1S/C22H25Cl2N3O2/c1-3-4-5-6-10-21(28)27-26-15(2)16-8-7-9-18(13-16)25-22(29)19-12-11-17(23)14-20(19)24/h7-9,11-14H,3-6,10H2,1-2H3,(H,25,29)(H,27,28)/b26-15+. The number of unbranched alkanes of at least 4 members (excludes halogenated alkanes) is 3. The van der Waals surface area contributed by atoms with E-state index in [1.54, 1.807) is 37.3 Å². The lowest BCUT2D eigenvalue weighted by Gasteiger charge is -2.09. The van der Waals surface area contributed by atoms with Crippen LogP contribution in [-0.2, 0) is 4.79 Å². The van der Waals surface area contributed by atoms with Gasteiger partial charge in [-0.15, -0.1) is 0 Å². The average Bonchev–Trinajstić information content (AvgIpc) is 2.69. The van der Waals surface area contributed by atoms with Gasteiger partial charge in [-0.05, 0) is 49.2 Å². The molecular formula is C22H25Cl2N3O2. The minimum Gasteiger partial charge on any atom is -0.322 e. The number of nitrogens with zero attached hydrogens (tertiary/aromatic N) is 1. The summed E-state index contributed by atoms with van der Waals surface area (Å²) in [6.45, 7) is 3.93. The maximum absolute atomic E-state index is 12.5. The second-order valence-corrected chi connectivity index (χ2v) is 7.55. The molecule has 0 aliphatic heterocycles. The molecule has 0 saturated carbocycles. The van der Waals surface area contributed by atoms with Crippen molar-refractivity contribution < 1.29 is 9.59 Å². The molecule has 154 valence electrons. The summed E-state index contributed by atoms with van der Waals surface area (Å²) < 4.78 is 0. The van der Waals surface area contributed by atoms with Crippen molar-refractivity contribution in [3.05, 3.63) is 63.6 Å². The Morgan fingerprint density at radius 3 is 2.55 bits per heavy atom. The van der Waals surface area contributed by atoms with Crippen molar-refractivity contribution in [3.8, 4) is 0 Å². The first-order valence-electron chi connectivity index (χ1n) is 9.60. The molecule has 0 spiro atoms. The largest absolute Gasteiger partial charge is 0.322 e. The van der Waals surface area contributed by atoms with Crippen LogP contribution in [0.25, 0.3) is 0 Å². The van der Waals surface area contributed by atoms with Crippen LogP contribution < -0.4 is 10.7 Å². The minimum atomic E-state index is -0.334. The molecule has 0 saturated heterocycles. The predicted octanol–water partition coefficient (Wildman–Crippen LogP) is 6.06. The number of rotatable bonds is 9. The van der Waals surface area contributed by atoms with Gasteiger partial charge in [0.2, 0.25) is 5.91 Å². The number of hydrazone groups is 1. The third kappa shape index (κ3) is 7.52. The molecule has 7 heteroatoms. The lowest BCUT2D eigenvalue weighted by atomic mass is 10.1. The maximum Gasteiger partial charge on any atom is 0.257 e. The first kappa shape index (κ1) is 22.9. The summed E-state index contributed by atoms with van der Waals surface area (Å²) >= 11 is 12.0. The summed E-state index contributed by atoms with van der Waals surface area (Å²) in [7, 11) is 0. The Morgan fingerprint density at radius 1 is 1.03 bits per heavy atom. The van der Waals surface area contributed by atoms with Gasteiger partial charge >= 0.3 is 0 Å². The van der Waals surface area contributed by atoms with Gasteiger partial charge in [-0.25, -0.2) is 5.43 Å². The highest BCUT2D eigenvalue weighted by molar-refractivity contribution is 6.37. The zero-order valence-electron chi connectivity index (χ0n) is 16.6. The van der Waals surface area contributed by atoms with Crippen LogP contribution in [-0.4, -0.2) is 17.5 Å². The molecule has 2 N–H and O–H groups in total. The van der Waals surface area contributed by atoms with Crippen molar-refractivity contribution in [3.63, 3.8) is 0 Å². The van der Waals surface area contributed by atoms with E-state index in [0.29, 0.717) is 28.4 Å². The molecule has 2 rings (SSSR count). The molecule has 2 aromatic carbocycles. The third-order valence-corrected chi connectivity index (χ3v) is 4.87. The van der Waals surface area contributed by atoms with E-state index in [9.17, 15) is 9.59 Å². The molecule has 0 bridgehead atoms. The van der Waals surface area contributed by atoms with E-state index in [0.717, 1.165) is 31.2 Å². The monoisotopic (exact) mass is 433 g/mol. The molecule has 0 aliphatic rings. The molecule has 29 heavy (non-hydrogen) atoms. The van der Waals surface area contributed by atoms with Gasteiger partial charge in [0, 0.05) is 17.1 Å². The van der Waals surface area contributed by atoms with Crippen molar-refractivity contribution in [2.75, 3.05) is 5.32 Å². The van der Waals surface area contributed by atoms with Crippen LogP contribution in [0.5, 0.6) is 0 Å². The van der Waals surface area contributed by atoms with Gasteiger partial charge in [0.05, 0.1) is 16.3 Å². The summed E-state index contributed by atoms with van der Waals surface area (Å²) in [4.78, 5) is 24.3. The topological polar surface area (TPSA) is 70.6 Å². The zero-order valence-corrected chi connectivity index (χ0v) is 18.1. The van der Waals surface area contributed by atoms with Gasteiger partial charge in [-0.3, -0.25) is 9.59 Å². The number of carbonyl (C=O) groups is 2. The van der Waals surface area contributed by atoms with E-state index in [4.69, 9.17) is 23.2 Å². The second-order valence-electron chi connectivity index (χ2n) is 6.70. The molecular weight excluding hydrogens is 409 g/mol. The van der Waals surface area contributed by atoms with Gasteiger partial charge in [-0.1, -0.05) is 61.5 Å². The second kappa shape index (κ2) is 11.6. The summed E-state index contributed by atoms with van der Waals surface area (Å²) in [6, 6.07) is 11.9. The molecule has 0 radical (unpaired) electrons. The quantitative estimate of drug-likeness (QED) is 0.286. The Hall–Kier alpha value is -2.37. The third-order valence-electron chi connectivity index (χ3n) is 4.32. The summed E-state index contributed by atoms with van der Waals surface area (Å²) in [6.07, 6.45) is 4.65. The smallest absolute Gasteiger partial charge is 0.257 e. The highest BCUT2D eigenvalue weighted by Gasteiger charge is 2.11. The van der Waals surface area contributed by atoms with Crippen molar-refractivity contribution in [2.45, 2.75) is 46.0 Å². The Bertz CT molecular complexity index is 897. The van der Waals surface area contributed by atoms with Crippen LogP contribution in [0, 0.1) is 0 Å². The first-order chi connectivity index (χ1) is 13.9. The fraction of sp³-hybridized carbons (Fsp3) is 0.318. The molecule has 0 aromatic heterocycles. The summed E-state index contributed by atoms with van der Waals surface area (Å²) in [5.74, 6) is -0.430. The number of carbonyl (C=O) groups excluding carboxylic acids is 2. The Balaban J connectivity index is 1.99. The summed E-state index contributed by atoms with van der Waals surface area (Å²) in [5, 5.41) is 7.72. The van der Waals surface area contributed by atoms with Crippen molar-refractivity contribution in [1.29, 1.82) is 0 Å². The molecule has 0 unspecified atom stereocenters. The van der Waals surface area contributed by atoms with E-state index < -0.39 is 0 Å². The number of nitrogens with one attached hydrogen (secondary N) is 2. The summed E-state index contributed by atoms with van der Waals surface area (Å²) in [5.41, 5.74) is 4.95. The normalized spacial score (nSPS) is 11.2. The van der Waals surface area contributed by atoms with Crippen LogP contribution in [0.2, 0.25) is 10.0 Å². The molecule has 2 amide bonds. The van der Waals surface area contributed by atoms with Crippen molar-refractivity contribution in [2.24, 2.45) is 5.10 Å².